The largest absolute Gasteiger partial charge is 0.366 e. The van der Waals surface area contributed by atoms with Crippen LogP contribution >= 0.6 is 12.4 Å². The lowest BCUT2D eigenvalue weighted by molar-refractivity contribution is -0.121. The molecule has 0 bridgehead atoms. The van der Waals surface area contributed by atoms with E-state index in [4.69, 9.17) is 11.5 Å². The maximum atomic E-state index is 12.1. The first-order chi connectivity index (χ1) is 8.51. The zero-order valence-electron chi connectivity index (χ0n) is 10.5. The summed E-state index contributed by atoms with van der Waals surface area (Å²) in [5.41, 5.74) is 11.4. The minimum atomic E-state index is -0.775. The van der Waals surface area contributed by atoms with Crippen LogP contribution in [0.15, 0.2) is 24.3 Å². The Morgan fingerprint density at radius 1 is 1.21 bits per heavy atom. The predicted molar refractivity (Wildman–Crippen MR) is 76.2 cm³/mol. The Bertz CT molecular complexity index is 485. The summed E-state index contributed by atoms with van der Waals surface area (Å²) in [5, 5.41) is 2.75. The number of carbonyl (C=O) groups is 2. The quantitative estimate of drug-likeness (QED) is 0.782. The maximum Gasteiger partial charge on any atom is 0.248 e. The van der Waals surface area contributed by atoms with Gasteiger partial charge in [-0.3, -0.25) is 9.59 Å². The van der Waals surface area contributed by atoms with Crippen molar-refractivity contribution in [2.75, 3.05) is 5.32 Å². The molecular weight excluding hydrogens is 266 g/mol. The van der Waals surface area contributed by atoms with Gasteiger partial charge in [-0.25, -0.2) is 0 Å². The molecule has 5 N–H and O–H groups in total. The van der Waals surface area contributed by atoms with Crippen molar-refractivity contribution < 1.29 is 9.59 Å². The van der Waals surface area contributed by atoms with Crippen molar-refractivity contribution in [1.29, 1.82) is 0 Å². The van der Waals surface area contributed by atoms with Crippen molar-refractivity contribution in [3.8, 4) is 0 Å². The van der Waals surface area contributed by atoms with E-state index in [2.05, 4.69) is 5.32 Å². The summed E-state index contributed by atoms with van der Waals surface area (Å²) in [7, 11) is 0. The molecule has 1 fully saturated rings. The highest BCUT2D eigenvalue weighted by Gasteiger charge is 2.36. The predicted octanol–water partition coefficient (Wildman–Crippen LogP) is 1.42. The number of primary amides is 1. The molecule has 5 nitrogen and oxygen atoms in total. The maximum absolute atomic E-state index is 12.1. The molecule has 1 saturated carbocycles. The minimum Gasteiger partial charge on any atom is -0.366 e. The Kier molecular flexibility index (Phi) is 4.91. The molecule has 0 aliphatic heterocycles. The highest BCUT2D eigenvalue weighted by atomic mass is 35.5. The van der Waals surface area contributed by atoms with Crippen molar-refractivity contribution >= 4 is 29.9 Å². The topological polar surface area (TPSA) is 98.2 Å². The van der Waals surface area contributed by atoms with E-state index in [9.17, 15) is 9.59 Å². The van der Waals surface area contributed by atoms with Gasteiger partial charge in [0.05, 0.1) is 5.54 Å². The smallest absolute Gasteiger partial charge is 0.248 e. The monoisotopic (exact) mass is 283 g/mol. The number of halogens is 1. The molecule has 0 atom stereocenters. The molecule has 1 aliphatic carbocycles. The molecule has 2 amide bonds. The van der Waals surface area contributed by atoms with Gasteiger partial charge in [0.1, 0.15) is 0 Å². The van der Waals surface area contributed by atoms with E-state index in [0.29, 0.717) is 24.1 Å². The Hall–Kier alpha value is -1.59. The lowest BCUT2D eigenvalue weighted by Crippen LogP contribution is -2.48. The van der Waals surface area contributed by atoms with Gasteiger partial charge in [0.2, 0.25) is 11.8 Å². The van der Waals surface area contributed by atoms with Crippen molar-refractivity contribution in [2.45, 2.75) is 31.2 Å². The van der Waals surface area contributed by atoms with Gasteiger partial charge in [-0.05, 0) is 31.0 Å². The molecule has 0 heterocycles. The highest BCUT2D eigenvalue weighted by Crippen LogP contribution is 2.28. The fourth-order valence-electron chi connectivity index (χ4n) is 2.24. The molecule has 1 aromatic carbocycles. The van der Waals surface area contributed by atoms with Crippen molar-refractivity contribution in [3.05, 3.63) is 29.8 Å². The molecule has 1 aliphatic rings. The van der Waals surface area contributed by atoms with Gasteiger partial charge in [0.15, 0.2) is 0 Å². The highest BCUT2D eigenvalue weighted by molar-refractivity contribution is 6.00. The van der Waals surface area contributed by atoms with Crippen LogP contribution in [0.4, 0.5) is 5.69 Å². The third-order valence-electron chi connectivity index (χ3n) is 3.35. The van der Waals surface area contributed by atoms with Crippen LogP contribution in [-0.2, 0) is 4.79 Å². The fraction of sp³-hybridized carbons (Fsp3) is 0.385. The first kappa shape index (κ1) is 15.5. The molecule has 19 heavy (non-hydrogen) atoms. The number of hydrogen-bond donors (Lipinski definition) is 3. The number of hydrogen-bond acceptors (Lipinski definition) is 3. The molecule has 2 rings (SSSR count). The molecule has 0 saturated heterocycles. The van der Waals surface area contributed by atoms with Gasteiger partial charge < -0.3 is 16.8 Å². The number of nitrogens with one attached hydrogen (secondary N) is 1. The number of amides is 2. The second-order valence-electron chi connectivity index (χ2n) is 4.76. The summed E-state index contributed by atoms with van der Waals surface area (Å²) in [6.45, 7) is 0. The Morgan fingerprint density at radius 3 is 2.42 bits per heavy atom. The molecular formula is C13H18ClN3O2. The van der Waals surface area contributed by atoms with Crippen LogP contribution in [0.25, 0.3) is 0 Å². The Morgan fingerprint density at radius 2 is 1.84 bits per heavy atom. The average Bonchev–Trinajstić information content (AvgIpc) is 2.78. The van der Waals surface area contributed by atoms with Crippen LogP contribution in [0.1, 0.15) is 36.0 Å². The van der Waals surface area contributed by atoms with E-state index in [-0.39, 0.29) is 18.3 Å². The molecule has 0 radical (unpaired) electrons. The first-order valence-corrected chi connectivity index (χ1v) is 6.01. The number of carbonyl (C=O) groups excluding carboxylic acids is 2. The van der Waals surface area contributed by atoms with Crippen LogP contribution in [0.2, 0.25) is 0 Å². The van der Waals surface area contributed by atoms with E-state index in [1.54, 1.807) is 24.3 Å². The minimum absolute atomic E-state index is 0. The van der Waals surface area contributed by atoms with Crippen molar-refractivity contribution in [3.63, 3.8) is 0 Å². The lowest BCUT2D eigenvalue weighted by Gasteiger charge is -2.22. The van der Waals surface area contributed by atoms with Gasteiger partial charge in [-0.2, -0.15) is 0 Å². The summed E-state index contributed by atoms with van der Waals surface area (Å²) < 4.78 is 0. The van der Waals surface area contributed by atoms with E-state index < -0.39 is 11.4 Å². The Balaban J connectivity index is 0.00000180. The number of rotatable bonds is 3. The summed E-state index contributed by atoms with van der Waals surface area (Å²) in [6, 6.07) is 6.54. The average molecular weight is 284 g/mol. The van der Waals surface area contributed by atoms with Crippen molar-refractivity contribution in [1.82, 2.24) is 0 Å². The fourth-order valence-corrected chi connectivity index (χ4v) is 2.24. The molecule has 0 aromatic heterocycles. The lowest BCUT2D eigenvalue weighted by atomic mass is 9.98. The van der Waals surface area contributed by atoms with Crippen LogP contribution in [-0.4, -0.2) is 17.4 Å². The molecule has 1 aromatic rings. The van der Waals surface area contributed by atoms with Gasteiger partial charge in [-0.15, -0.1) is 12.4 Å². The molecule has 0 unspecified atom stereocenters. The van der Waals surface area contributed by atoms with Crippen LogP contribution in [0.5, 0.6) is 0 Å². The second kappa shape index (κ2) is 6.04. The van der Waals surface area contributed by atoms with E-state index in [1.165, 1.54) is 0 Å². The molecule has 104 valence electrons. The third kappa shape index (κ3) is 3.45. The summed E-state index contributed by atoms with van der Waals surface area (Å²) >= 11 is 0. The summed E-state index contributed by atoms with van der Waals surface area (Å²) in [5.74, 6) is -0.712. The second-order valence-corrected chi connectivity index (χ2v) is 4.76. The van der Waals surface area contributed by atoms with E-state index in [1.807, 2.05) is 0 Å². The molecule has 6 heteroatoms. The number of anilines is 1. The van der Waals surface area contributed by atoms with Gasteiger partial charge in [0, 0.05) is 11.3 Å². The molecule has 0 spiro atoms. The van der Waals surface area contributed by atoms with Crippen LogP contribution in [0.3, 0.4) is 0 Å². The standard InChI is InChI=1S/C13H17N3O2.ClH/c14-11(17)9-4-3-5-10(8-9)16-12(18)13(15)6-1-2-7-13;/h3-5,8H,1-2,6-7,15H2,(H2,14,17)(H,16,18);1H. The van der Waals surface area contributed by atoms with Crippen molar-refractivity contribution in [2.24, 2.45) is 11.5 Å². The summed E-state index contributed by atoms with van der Waals surface area (Å²) in [4.78, 5) is 23.1. The summed E-state index contributed by atoms with van der Waals surface area (Å²) in [6.07, 6.45) is 3.36. The first-order valence-electron chi connectivity index (χ1n) is 6.01. The number of benzene rings is 1. The normalized spacial score (nSPS) is 16.5. The van der Waals surface area contributed by atoms with E-state index >= 15 is 0 Å². The van der Waals surface area contributed by atoms with Crippen LogP contribution < -0.4 is 16.8 Å². The van der Waals surface area contributed by atoms with Crippen LogP contribution in [0, 0.1) is 0 Å². The third-order valence-corrected chi connectivity index (χ3v) is 3.35. The zero-order valence-corrected chi connectivity index (χ0v) is 11.3. The van der Waals surface area contributed by atoms with Gasteiger partial charge >= 0.3 is 0 Å². The van der Waals surface area contributed by atoms with Gasteiger partial charge in [0.25, 0.3) is 0 Å². The van der Waals surface area contributed by atoms with E-state index in [0.717, 1.165) is 12.8 Å². The SMILES string of the molecule is Cl.NC(=O)c1cccc(NC(=O)C2(N)CCCC2)c1. The Labute approximate surface area is 118 Å². The zero-order chi connectivity index (χ0) is 13.2. The number of nitrogens with two attached hydrogens (primary N) is 2. The van der Waals surface area contributed by atoms with Gasteiger partial charge in [-0.1, -0.05) is 18.9 Å².